The van der Waals surface area contributed by atoms with Crippen LogP contribution in [0.2, 0.25) is 0 Å². The Bertz CT molecular complexity index is 1120. The fourth-order valence-corrected chi connectivity index (χ4v) is 4.06. The smallest absolute Gasteiger partial charge is 0.232 e. The van der Waals surface area contributed by atoms with Crippen molar-refractivity contribution in [1.82, 2.24) is 4.98 Å². The first-order chi connectivity index (χ1) is 13.8. The highest BCUT2D eigenvalue weighted by atomic mass is 32.2. The van der Waals surface area contributed by atoms with E-state index in [1.165, 1.54) is 6.92 Å². The summed E-state index contributed by atoms with van der Waals surface area (Å²) in [6.07, 6.45) is 6.35. The van der Waals surface area contributed by atoms with Gasteiger partial charge in [0.15, 0.2) is 11.6 Å². The molecule has 8 heteroatoms. The number of pyridine rings is 1. The predicted molar refractivity (Wildman–Crippen MR) is 107 cm³/mol. The predicted octanol–water partition coefficient (Wildman–Crippen LogP) is 3.88. The van der Waals surface area contributed by atoms with Crippen LogP contribution in [0.15, 0.2) is 24.3 Å². The number of fused-ring (bicyclic) bond motifs is 1. The molecule has 1 saturated carbocycles. The summed E-state index contributed by atoms with van der Waals surface area (Å²) in [5.41, 5.74) is 2.25. The molecule has 2 aromatic rings. The van der Waals surface area contributed by atoms with Crippen LogP contribution in [0.5, 0.6) is 0 Å². The number of allylic oxidation sites excluding steroid dienone is 1. The van der Waals surface area contributed by atoms with Crippen molar-refractivity contribution in [3.63, 3.8) is 0 Å². The van der Waals surface area contributed by atoms with Crippen molar-refractivity contribution < 1.29 is 22.0 Å². The number of hydrogen-bond donors (Lipinski definition) is 1. The molecule has 0 spiro atoms. The zero-order valence-corrected chi connectivity index (χ0v) is 16.7. The second kappa shape index (κ2) is 7.33. The first kappa shape index (κ1) is 19.7. The van der Waals surface area contributed by atoms with E-state index in [4.69, 9.17) is 0 Å². The summed E-state index contributed by atoms with van der Waals surface area (Å²) in [4.78, 5) is 16.7. The van der Waals surface area contributed by atoms with E-state index in [9.17, 15) is 22.0 Å². The van der Waals surface area contributed by atoms with Gasteiger partial charge in [0.25, 0.3) is 0 Å². The Kier molecular flexibility index (Phi) is 4.98. The van der Waals surface area contributed by atoms with Crippen molar-refractivity contribution >= 4 is 27.6 Å². The molecule has 2 aliphatic rings. The highest BCUT2D eigenvalue weighted by Gasteiger charge is 2.30. The summed E-state index contributed by atoms with van der Waals surface area (Å²) < 4.78 is 54.5. The molecule has 1 fully saturated rings. The van der Waals surface area contributed by atoms with Crippen molar-refractivity contribution in [1.29, 1.82) is 0 Å². The van der Waals surface area contributed by atoms with Gasteiger partial charge >= 0.3 is 0 Å². The molecule has 0 atom stereocenters. The molecule has 1 aromatic heterocycles. The Hall–Kier alpha value is -2.61. The fourth-order valence-electron chi connectivity index (χ4n) is 3.41. The molecule has 1 N–H and O–H groups in total. The SMILES string of the molecule is CCS(=O)(=O)Nc1c(F)cc(-c2cc(CC(=O)C3CC3)nc3c2C=CC3)cc1F. The summed E-state index contributed by atoms with van der Waals surface area (Å²) in [6, 6.07) is 3.90. The van der Waals surface area contributed by atoms with Gasteiger partial charge in [0.2, 0.25) is 10.0 Å². The van der Waals surface area contributed by atoms with Gasteiger partial charge in [0, 0.05) is 30.0 Å². The third-order valence-corrected chi connectivity index (χ3v) is 6.44. The summed E-state index contributed by atoms with van der Waals surface area (Å²) >= 11 is 0. The lowest BCUT2D eigenvalue weighted by atomic mass is 9.97. The van der Waals surface area contributed by atoms with Crippen LogP contribution in [0.1, 0.15) is 36.7 Å². The highest BCUT2D eigenvalue weighted by molar-refractivity contribution is 7.92. The lowest BCUT2D eigenvalue weighted by Gasteiger charge is -2.14. The molecule has 0 bridgehead atoms. The van der Waals surface area contributed by atoms with Crippen molar-refractivity contribution in [3.05, 3.63) is 52.9 Å². The van der Waals surface area contributed by atoms with Crippen molar-refractivity contribution in [2.24, 2.45) is 5.92 Å². The van der Waals surface area contributed by atoms with Crippen LogP contribution in [-0.4, -0.2) is 24.9 Å². The third-order valence-electron chi connectivity index (χ3n) is 5.17. The molecule has 1 heterocycles. The molecule has 1 aromatic carbocycles. The van der Waals surface area contributed by atoms with Crippen molar-refractivity contribution in [3.8, 4) is 11.1 Å². The zero-order valence-electron chi connectivity index (χ0n) is 15.8. The van der Waals surface area contributed by atoms with E-state index in [0.717, 1.165) is 36.2 Å². The van der Waals surface area contributed by atoms with Gasteiger partial charge in [0.05, 0.1) is 11.4 Å². The normalized spacial score (nSPS) is 15.4. The maximum Gasteiger partial charge on any atom is 0.232 e. The minimum atomic E-state index is -3.82. The summed E-state index contributed by atoms with van der Waals surface area (Å²) in [5, 5.41) is 0. The topological polar surface area (TPSA) is 76.1 Å². The maximum absolute atomic E-state index is 14.6. The largest absolute Gasteiger partial charge is 0.299 e. The summed E-state index contributed by atoms with van der Waals surface area (Å²) in [6.45, 7) is 1.38. The van der Waals surface area contributed by atoms with Crippen LogP contribution in [-0.2, 0) is 27.7 Å². The van der Waals surface area contributed by atoms with E-state index >= 15 is 0 Å². The first-order valence-electron chi connectivity index (χ1n) is 9.49. The third kappa shape index (κ3) is 4.07. The van der Waals surface area contributed by atoms with E-state index in [1.807, 2.05) is 16.9 Å². The number of carbonyl (C=O) groups is 1. The van der Waals surface area contributed by atoms with E-state index in [0.29, 0.717) is 17.7 Å². The standard InChI is InChI=1S/C21H20F2N2O3S/c1-2-29(27,28)25-21-17(22)8-13(9-18(21)23)16-10-14(11-20(26)12-6-7-12)24-19-5-3-4-15(16)19/h3-4,8-10,12,25H,2,5-7,11H2,1H3. The number of aromatic nitrogens is 1. The Morgan fingerprint density at radius 2 is 1.90 bits per heavy atom. The number of halogens is 2. The summed E-state index contributed by atoms with van der Waals surface area (Å²) in [5.74, 6) is -2.06. The molecule has 0 radical (unpaired) electrons. The van der Waals surface area contributed by atoms with Gasteiger partial charge in [-0.15, -0.1) is 0 Å². The summed E-state index contributed by atoms with van der Waals surface area (Å²) in [7, 11) is -3.82. The van der Waals surface area contributed by atoms with Gasteiger partial charge < -0.3 is 0 Å². The number of rotatable bonds is 7. The number of nitrogens with one attached hydrogen (secondary N) is 1. The molecule has 4 rings (SSSR count). The average Bonchev–Trinajstić information content (AvgIpc) is 3.42. The van der Waals surface area contributed by atoms with Crippen molar-refractivity contribution in [2.75, 3.05) is 10.5 Å². The first-order valence-corrected chi connectivity index (χ1v) is 11.1. The number of nitrogens with zero attached hydrogens (tertiary/aromatic N) is 1. The quantitative estimate of drug-likeness (QED) is 0.740. The number of anilines is 1. The minimum Gasteiger partial charge on any atom is -0.299 e. The molecular weight excluding hydrogens is 398 g/mol. The number of hydrogen-bond acceptors (Lipinski definition) is 4. The Balaban J connectivity index is 1.75. The van der Waals surface area contributed by atoms with Crippen LogP contribution < -0.4 is 4.72 Å². The second-order valence-corrected chi connectivity index (χ2v) is 9.38. The van der Waals surface area contributed by atoms with E-state index in [1.54, 1.807) is 6.07 Å². The minimum absolute atomic E-state index is 0.104. The lowest BCUT2D eigenvalue weighted by molar-refractivity contribution is -0.119. The van der Waals surface area contributed by atoms with Gasteiger partial charge in [0.1, 0.15) is 11.5 Å². The van der Waals surface area contributed by atoms with E-state index in [-0.39, 0.29) is 29.4 Å². The number of carbonyl (C=O) groups excluding carboxylic acids is 1. The Morgan fingerprint density at radius 3 is 2.52 bits per heavy atom. The maximum atomic E-state index is 14.6. The van der Waals surface area contributed by atoms with E-state index < -0.39 is 27.3 Å². The van der Waals surface area contributed by atoms with Crippen LogP contribution in [0.4, 0.5) is 14.5 Å². The lowest BCUT2D eigenvalue weighted by Crippen LogP contribution is -2.16. The molecule has 0 aliphatic heterocycles. The average molecular weight is 418 g/mol. The monoisotopic (exact) mass is 418 g/mol. The molecule has 0 unspecified atom stereocenters. The molecule has 152 valence electrons. The Morgan fingerprint density at radius 1 is 1.21 bits per heavy atom. The zero-order chi connectivity index (χ0) is 20.8. The number of sulfonamides is 1. The molecular formula is C21H20F2N2O3S. The molecule has 0 amide bonds. The van der Waals surface area contributed by atoms with Crippen LogP contribution in [0.25, 0.3) is 17.2 Å². The fraction of sp³-hybridized carbons (Fsp3) is 0.333. The van der Waals surface area contributed by atoms with Crippen LogP contribution in [0.3, 0.4) is 0 Å². The molecule has 2 aliphatic carbocycles. The Labute approximate surface area is 167 Å². The van der Waals surface area contributed by atoms with Gasteiger partial charge in [-0.3, -0.25) is 14.5 Å². The molecule has 29 heavy (non-hydrogen) atoms. The van der Waals surface area contributed by atoms with Crippen molar-refractivity contribution in [2.45, 2.75) is 32.6 Å². The molecule has 0 saturated heterocycles. The van der Waals surface area contributed by atoms with Gasteiger partial charge in [-0.2, -0.15) is 0 Å². The van der Waals surface area contributed by atoms with Gasteiger partial charge in [-0.05, 0) is 49.1 Å². The molecule has 5 nitrogen and oxygen atoms in total. The number of ketones is 1. The second-order valence-electron chi connectivity index (χ2n) is 7.37. The van der Waals surface area contributed by atoms with Gasteiger partial charge in [-0.1, -0.05) is 12.2 Å². The van der Waals surface area contributed by atoms with Crippen LogP contribution >= 0.6 is 0 Å². The number of Topliss-reactive ketones (excluding diaryl/α,β-unsaturated/α-hetero) is 1. The van der Waals surface area contributed by atoms with Crippen LogP contribution in [0, 0.1) is 17.6 Å². The van der Waals surface area contributed by atoms with Gasteiger partial charge in [-0.25, -0.2) is 17.2 Å². The van der Waals surface area contributed by atoms with E-state index in [2.05, 4.69) is 4.98 Å². The number of benzene rings is 1. The highest BCUT2D eigenvalue weighted by Crippen LogP contribution is 2.35.